The average Bonchev–Trinajstić information content (AvgIpc) is 2.82. The number of aliphatic hydroxyl groups is 1. The number of hydrogen-bond donors (Lipinski definition) is 1. The number of benzene rings is 3. The van der Waals surface area contributed by atoms with Gasteiger partial charge < -0.3 is 19.6 Å². The highest BCUT2D eigenvalue weighted by atomic mass is 19.4. The van der Waals surface area contributed by atoms with E-state index >= 15 is 4.39 Å². The van der Waals surface area contributed by atoms with E-state index in [9.17, 15) is 27.1 Å². The first-order chi connectivity index (χ1) is 16.6. The second-order valence-electron chi connectivity index (χ2n) is 8.10. The number of nitrogens with zero attached hydrogens (tertiary/aromatic N) is 2. The van der Waals surface area contributed by atoms with Gasteiger partial charge in [0.2, 0.25) is 6.30 Å². The van der Waals surface area contributed by atoms with Gasteiger partial charge in [0.1, 0.15) is 5.75 Å². The Morgan fingerprint density at radius 3 is 2.20 bits per heavy atom. The molecule has 0 amide bonds. The van der Waals surface area contributed by atoms with Crippen LogP contribution in [0.15, 0.2) is 78.9 Å². The van der Waals surface area contributed by atoms with E-state index in [2.05, 4.69) is 4.74 Å². The summed E-state index contributed by atoms with van der Waals surface area (Å²) in [5.74, 6) is -0.370. The zero-order valence-electron chi connectivity index (χ0n) is 18.2. The molecule has 0 saturated heterocycles. The summed E-state index contributed by atoms with van der Waals surface area (Å²) in [7, 11) is 0. The second-order valence-corrected chi connectivity index (χ2v) is 8.10. The van der Waals surface area contributed by atoms with Gasteiger partial charge in [-0.2, -0.15) is 0 Å². The van der Waals surface area contributed by atoms with Crippen molar-refractivity contribution < 1.29 is 36.2 Å². The number of aliphatic hydroxyl groups excluding tert-OH is 1. The van der Waals surface area contributed by atoms with Crippen LogP contribution < -0.4 is 14.5 Å². The minimum absolute atomic E-state index is 0.127. The number of hydrogen-bond acceptors (Lipinski definition) is 4. The largest absolute Gasteiger partial charge is 0.573 e. The first kappa shape index (κ1) is 24.7. The number of fused-ring (bicyclic) bond motifs is 1. The van der Waals surface area contributed by atoms with Gasteiger partial charge in [-0.15, -0.1) is 13.2 Å². The molecule has 186 valence electrons. The van der Waals surface area contributed by atoms with Crippen molar-refractivity contribution in [3.8, 4) is 5.75 Å². The fourth-order valence-corrected chi connectivity index (χ4v) is 4.25. The normalized spacial score (nSPS) is 17.8. The van der Waals surface area contributed by atoms with E-state index in [0.717, 1.165) is 4.90 Å². The van der Waals surface area contributed by atoms with Crippen LogP contribution in [0.3, 0.4) is 0 Å². The van der Waals surface area contributed by atoms with E-state index in [0.29, 0.717) is 16.8 Å². The number of ether oxygens (including phenoxy) is 1. The van der Waals surface area contributed by atoms with Crippen molar-refractivity contribution in [1.29, 1.82) is 0 Å². The van der Waals surface area contributed by atoms with Crippen molar-refractivity contribution in [3.05, 3.63) is 90.0 Å². The molecular formula is C25H22F6N2O2. The average molecular weight is 496 g/mol. The molecule has 3 aromatic carbocycles. The fourth-order valence-electron chi connectivity index (χ4n) is 4.25. The molecule has 3 aromatic rings. The predicted octanol–water partition coefficient (Wildman–Crippen LogP) is 6.07. The maximum Gasteiger partial charge on any atom is 0.573 e. The third kappa shape index (κ3) is 5.64. The van der Waals surface area contributed by atoms with Crippen LogP contribution in [-0.2, 0) is 6.54 Å². The molecule has 0 bridgehead atoms. The number of halogens is 6. The van der Waals surface area contributed by atoms with Crippen molar-refractivity contribution in [1.82, 2.24) is 0 Å². The number of anilines is 2. The maximum atomic E-state index is 15.4. The highest BCUT2D eigenvalue weighted by Gasteiger charge is 2.41. The molecule has 3 unspecified atom stereocenters. The van der Waals surface area contributed by atoms with Gasteiger partial charge in [0, 0.05) is 13.1 Å². The SMILES string of the molecule is OC(C(F)F)C(F)N1c2ccccc2N(Cc2cccc(OC(F)(F)F)c2)CC1c1ccccc1. The molecule has 0 aliphatic carbocycles. The number of rotatable bonds is 7. The monoisotopic (exact) mass is 496 g/mol. The summed E-state index contributed by atoms with van der Waals surface area (Å²) in [6.07, 6.45) is -13.1. The van der Waals surface area contributed by atoms with Gasteiger partial charge in [0.25, 0.3) is 6.43 Å². The molecule has 1 N–H and O–H groups in total. The van der Waals surface area contributed by atoms with Gasteiger partial charge in [-0.25, -0.2) is 13.2 Å². The fraction of sp³-hybridized carbons (Fsp3) is 0.280. The molecule has 4 rings (SSSR count). The van der Waals surface area contributed by atoms with Crippen molar-refractivity contribution in [2.24, 2.45) is 0 Å². The number of para-hydroxylation sites is 2. The van der Waals surface area contributed by atoms with Crippen LogP contribution in [0.1, 0.15) is 17.2 Å². The van der Waals surface area contributed by atoms with Crippen LogP contribution in [0.5, 0.6) is 5.75 Å². The number of alkyl halides is 6. The first-order valence-corrected chi connectivity index (χ1v) is 10.8. The van der Waals surface area contributed by atoms with Crippen molar-refractivity contribution in [2.45, 2.75) is 37.8 Å². The van der Waals surface area contributed by atoms with Gasteiger partial charge in [-0.3, -0.25) is 0 Å². The van der Waals surface area contributed by atoms with Crippen LogP contribution in [0, 0.1) is 0 Å². The molecule has 0 saturated carbocycles. The minimum atomic E-state index is -4.84. The summed E-state index contributed by atoms with van der Waals surface area (Å²) in [4.78, 5) is 2.97. The standard InChI is InChI=1S/C25H22F6N2O2/c26-23(27)22(34)24(28)33-20-12-5-4-11-19(20)32(15-21(33)17-8-2-1-3-9-17)14-16-7-6-10-18(13-16)35-25(29,30)31/h1-13,21-24,34H,14-15H2. The Balaban J connectivity index is 1.73. The van der Waals surface area contributed by atoms with Gasteiger partial charge in [-0.1, -0.05) is 54.6 Å². The van der Waals surface area contributed by atoms with Crippen molar-refractivity contribution in [2.75, 3.05) is 16.3 Å². The molecular weight excluding hydrogens is 474 g/mol. The van der Waals surface area contributed by atoms with Crippen molar-refractivity contribution in [3.63, 3.8) is 0 Å². The third-order valence-corrected chi connectivity index (χ3v) is 5.73. The third-order valence-electron chi connectivity index (χ3n) is 5.73. The topological polar surface area (TPSA) is 35.9 Å². The van der Waals surface area contributed by atoms with Crippen LogP contribution in [0.25, 0.3) is 0 Å². The lowest BCUT2D eigenvalue weighted by molar-refractivity contribution is -0.274. The zero-order chi connectivity index (χ0) is 25.2. The van der Waals surface area contributed by atoms with E-state index in [1.54, 1.807) is 60.7 Å². The quantitative estimate of drug-likeness (QED) is 0.318. The summed E-state index contributed by atoms with van der Waals surface area (Å²) in [5.41, 5.74) is 1.91. The Kier molecular flexibility index (Phi) is 7.11. The molecule has 1 aliphatic heterocycles. The molecule has 1 heterocycles. The Hall–Kier alpha value is -3.40. The lowest BCUT2D eigenvalue weighted by Crippen LogP contribution is -2.52. The van der Waals surface area contributed by atoms with Crippen LogP contribution in [0.4, 0.5) is 37.7 Å². The van der Waals surface area contributed by atoms with Gasteiger partial charge in [-0.05, 0) is 35.4 Å². The Morgan fingerprint density at radius 2 is 1.54 bits per heavy atom. The lowest BCUT2D eigenvalue weighted by atomic mass is 9.98. The maximum absolute atomic E-state index is 15.4. The van der Waals surface area contributed by atoms with E-state index < -0.39 is 31.2 Å². The van der Waals surface area contributed by atoms with E-state index in [1.807, 2.05) is 4.90 Å². The van der Waals surface area contributed by atoms with Crippen LogP contribution >= 0.6 is 0 Å². The van der Waals surface area contributed by atoms with E-state index in [1.165, 1.54) is 18.2 Å². The molecule has 4 nitrogen and oxygen atoms in total. The molecule has 1 aliphatic rings. The second kappa shape index (κ2) is 10.1. The van der Waals surface area contributed by atoms with Gasteiger partial charge >= 0.3 is 6.36 Å². The van der Waals surface area contributed by atoms with E-state index in [-0.39, 0.29) is 24.5 Å². The summed E-state index contributed by atoms with van der Waals surface area (Å²) in [6, 6.07) is 20.0. The van der Waals surface area contributed by atoms with E-state index in [4.69, 9.17) is 0 Å². The first-order valence-electron chi connectivity index (χ1n) is 10.8. The van der Waals surface area contributed by atoms with Crippen molar-refractivity contribution >= 4 is 11.4 Å². The Labute approximate surface area is 198 Å². The molecule has 35 heavy (non-hydrogen) atoms. The van der Waals surface area contributed by atoms with Gasteiger partial charge in [0.05, 0.1) is 17.4 Å². The van der Waals surface area contributed by atoms with Crippen LogP contribution in [-0.4, -0.2) is 36.8 Å². The molecule has 0 aromatic heterocycles. The highest BCUT2D eigenvalue weighted by molar-refractivity contribution is 5.75. The lowest BCUT2D eigenvalue weighted by Gasteiger charge is -2.47. The Morgan fingerprint density at radius 1 is 0.886 bits per heavy atom. The summed E-state index contributed by atoms with van der Waals surface area (Å²) in [6.45, 7) is 0.277. The predicted molar refractivity (Wildman–Crippen MR) is 119 cm³/mol. The van der Waals surface area contributed by atoms with Gasteiger partial charge in [0.15, 0.2) is 6.10 Å². The molecule has 3 atom stereocenters. The summed E-state index contributed by atoms with van der Waals surface area (Å²) < 4.78 is 83.8. The molecule has 0 spiro atoms. The molecule has 0 fully saturated rings. The molecule has 0 radical (unpaired) electrons. The Bertz CT molecular complexity index is 1130. The minimum Gasteiger partial charge on any atom is -0.406 e. The molecule has 10 heteroatoms. The zero-order valence-corrected chi connectivity index (χ0v) is 18.2. The summed E-state index contributed by atoms with van der Waals surface area (Å²) >= 11 is 0. The smallest absolute Gasteiger partial charge is 0.406 e. The summed E-state index contributed by atoms with van der Waals surface area (Å²) in [5, 5.41) is 9.88. The highest BCUT2D eigenvalue weighted by Crippen LogP contribution is 2.44. The van der Waals surface area contributed by atoms with Crippen LogP contribution in [0.2, 0.25) is 0 Å².